The molecule has 22 heavy (non-hydrogen) atoms. The Morgan fingerprint density at radius 1 is 1.45 bits per heavy atom. The van der Waals surface area contributed by atoms with Crippen LogP contribution < -0.4 is 5.73 Å². The van der Waals surface area contributed by atoms with Gasteiger partial charge in [-0.3, -0.25) is 9.58 Å². The van der Waals surface area contributed by atoms with E-state index in [9.17, 15) is 0 Å². The zero-order valence-electron chi connectivity index (χ0n) is 13.2. The van der Waals surface area contributed by atoms with Crippen LogP contribution in [-0.2, 0) is 13.6 Å². The van der Waals surface area contributed by atoms with Crippen molar-refractivity contribution in [2.75, 3.05) is 13.1 Å². The van der Waals surface area contributed by atoms with Crippen molar-refractivity contribution in [2.45, 2.75) is 32.4 Å². The number of piperidine rings is 1. The number of hydrogen-bond acceptors (Lipinski definition) is 4. The van der Waals surface area contributed by atoms with Gasteiger partial charge in [-0.15, -0.1) is 23.7 Å². The molecule has 0 aromatic carbocycles. The van der Waals surface area contributed by atoms with Gasteiger partial charge in [0.1, 0.15) is 0 Å². The molecule has 0 bridgehead atoms. The summed E-state index contributed by atoms with van der Waals surface area (Å²) >= 11 is 1.88. The topological polar surface area (TPSA) is 47.1 Å². The lowest BCUT2D eigenvalue weighted by Crippen LogP contribution is -2.41. The number of thiophene rings is 1. The highest BCUT2D eigenvalue weighted by Crippen LogP contribution is 2.29. The van der Waals surface area contributed by atoms with Crippen molar-refractivity contribution >= 4 is 23.7 Å². The zero-order chi connectivity index (χ0) is 14.8. The van der Waals surface area contributed by atoms with Crippen molar-refractivity contribution in [3.8, 4) is 10.4 Å². The Kier molecular flexibility index (Phi) is 6.03. The van der Waals surface area contributed by atoms with Crippen molar-refractivity contribution in [1.82, 2.24) is 14.7 Å². The molecule has 3 rings (SSSR count). The number of aromatic nitrogens is 2. The number of likely N-dealkylation sites (tertiary alicyclic amines) is 1. The number of hydrogen-bond donors (Lipinski definition) is 1. The van der Waals surface area contributed by atoms with Gasteiger partial charge in [0.05, 0.1) is 6.20 Å². The quantitative estimate of drug-likeness (QED) is 0.930. The van der Waals surface area contributed by atoms with Crippen molar-refractivity contribution in [1.29, 1.82) is 0 Å². The van der Waals surface area contributed by atoms with Gasteiger partial charge in [-0.2, -0.15) is 5.10 Å². The molecule has 2 aromatic rings. The third-order valence-corrected chi connectivity index (χ3v) is 5.44. The Bertz CT molecular complexity index is 592. The van der Waals surface area contributed by atoms with Gasteiger partial charge in [0.25, 0.3) is 0 Å². The molecule has 0 spiro atoms. The molecule has 1 aliphatic rings. The minimum Gasteiger partial charge on any atom is -0.328 e. The number of rotatable bonds is 4. The lowest BCUT2D eigenvalue weighted by Gasteiger charge is -2.34. The summed E-state index contributed by atoms with van der Waals surface area (Å²) in [6.07, 6.45) is 6.55. The second kappa shape index (κ2) is 7.59. The summed E-state index contributed by atoms with van der Waals surface area (Å²) in [5, 5.41) is 4.25. The van der Waals surface area contributed by atoms with Gasteiger partial charge in [0, 0.05) is 47.7 Å². The number of aryl methyl sites for hydroxylation is 1. The van der Waals surface area contributed by atoms with Crippen molar-refractivity contribution in [3.05, 3.63) is 29.4 Å². The van der Waals surface area contributed by atoms with Gasteiger partial charge < -0.3 is 5.73 Å². The maximum atomic E-state index is 6.07. The molecular weight excluding hydrogens is 316 g/mol. The molecule has 122 valence electrons. The standard InChI is InChI=1S/C16H24N4S.ClH/c1-12(17)13-4-3-7-20(10-13)11-15-5-6-16(21-15)14-8-18-19(2)9-14;/h5-6,8-9,12-13H,3-4,7,10-11,17H2,1-2H3;1H. The van der Waals surface area contributed by atoms with E-state index >= 15 is 0 Å². The molecule has 0 saturated carbocycles. The van der Waals surface area contributed by atoms with E-state index in [1.807, 2.05) is 29.3 Å². The minimum absolute atomic E-state index is 0. The first-order valence-corrected chi connectivity index (χ1v) is 8.49. The maximum absolute atomic E-state index is 6.07. The highest BCUT2D eigenvalue weighted by Gasteiger charge is 2.22. The Hall–Kier alpha value is -0.880. The molecule has 4 nitrogen and oxygen atoms in total. The van der Waals surface area contributed by atoms with Crippen LogP contribution in [-0.4, -0.2) is 33.8 Å². The monoisotopic (exact) mass is 340 g/mol. The largest absolute Gasteiger partial charge is 0.328 e. The van der Waals surface area contributed by atoms with E-state index in [2.05, 4.69) is 35.3 Å². The average molecular weight is 341 g/mol. The summed E-state index contributed by atoms with van der Waals surface area (Å²) in [5.41, 5.74) is 7.28. The molecule has 6 heteroatoms. The van der Waals surface area contributed by atoms with Crippen LogP contribution in [0.5, 0.6) is 0 Å². The summed E-state index contributed by atoms with van der Waals surface area (Å²) in [5.74, 6) is 0.650. The summed E-state index contributed by atoms with van der Waals surface area (Å²) in [6.45, 7) is 5.52. The van der Waals surface area contributed by atoms with Crippen LogP contribution >= 0.6 is 23.7 Å². The van der Waals surface area contributed by atoms with Crippen LogP contribution in [0.1, 0.15) is 24.6 Å². The van der Waals surface area contributed by atoms with E-state index in [0.29, 0.717) is 12.0 Å². The van der Waals surface area contributed by atoms with E-state index in [-0.39, 0.29) is 12.4 Å². The lowest BCUT2D eigenvalue weighted by molar-refractivity contribution is 0.155. The minimum atomic E-state index is 0. The van der Waals surface area contributed by atoms with Crippen molar-refractivity contribution in [2.24, 2.45) is 18.7 Å². The molecule has 3 heterocycles. The molecule has 2 N–H and O–H groups in total. The Labute approximate surface area is 142 Å². The van der Waals surface area contributed by atoms with Gasteiger partial charge in [-0.25, -0.2) is 0 Å². The zero-order valence-corrected chi connectivity index (χ0v) is 14.9. The molecule has 0 radical (unpaired) electrons. The van der Waals surface area contributed by atoms with Gasteiger partial charge >= 0.3 is 0 Å². The van der Waals surface area contributed by atoms with E-state index in [1.165, 1.54) is 34.7 Å². The third kappa shape index (κ3) is 4.10. The fourth-order valence-corrected chi connectivity index (χ4v) is 4.08. The molecule has 1 saturated heterocycles. The Morgan fingerprint density at radius 3 is 2.95 bits per heavy atom. The van der Waals surface area contributed by atoms with Gasteiger partial charge in [-0.1, -0.05) is 0 Å². The molecule has 2 atom stereocenters. The third-order valence-electron chi connectivity index (χ3n) is 4.32. The fourth-order valence-electron chi connectivity index (χ4n) is 3.05. The van der Waals surface area contributed by atoms with E-state index in [4.69, 9.17) is 5.73 Å². The van der Waals surface area contributed by atoms with Crippen LogP contribution in [0.25, 0.3) is 10.4 Å². The van der Waals surface area contributed by atoms with Crippen LogP contribution in [0.4, 0.5) is 0 Å². The smallest absolute Gasteiger partial charge is 0.0576 e. The molecular formula is C16H25ClN4S. The normalized spacial score (nSPS) is 20.6. The maximum Gasteiger partial charge on any atom is 0.0576 e. The first-order valence-electron chi connectivity index (χ1n) is 7.67. The summed E-state index contributed by atoms with van der Waals surface area (Å²) in [4.78, 5) is 5.29. The van der Waals surface area contributed by atoms with E-state index < -0.39 is 0 Å². The van der Waals surface area contributed by atoms with Crippen molar-refractivity contribution < 1.29 is 0 Å². The van der Waals surface area contributed by atoms with E-state index in [1.54, 1.807) is 0 Å². The lowest BCUT2D eigenvalue weighted by atomic mass is 9.92. The fraction of sp³-hybridized carbons (Fsp3) is 0.562. The summed E-state index contributed by atoms with van der Waals surface area (Å²) in [6, 6.07) is 4.77. The van der Waals surface area contributed by atoms with Crippen LogP contribution in [0.2, 0.25) is 0 Å². The van der Waals surface area contributed by atoms with Gasteiger partial charge in [0.15, 0.2) is 0 Å². The average Bonchev–Trinajstić information content (AvgIpc) is 3.08. The first-order chi connectivity index (χ1) is 10.1. The second-order valence-electron chi connectivity index (χ2n) is 6.17. The number of halogens is 1. The molecule has 0 aliphatic carbocycles. The second-order valence-corrected chi connectivity index (χ2v) is 7.33. The molecule has 0 amide bonds. The molecule has 1 fully saturated rings. The van der Waals surface area contributed by atoms with Gasteiger partial charge in [0.2, 0.25) is 0 Å². The molecule has 1 aliphatic heterocycles. The van der Waals surface area contributed by atoms with Crippen molar-refractivity contribution in [3.63, 3.8) is 0 Å². The predicted molar refractivity (Wildman–Crippen MR) is 95.4 cm³/mol. The van der Waals surface area contributed by atoms with Crippen LogP contribution in [0, 0.1) is 5.92 Å². The summed E-state index contributed by atoms with van der Waals surface area (Å²) in [7, 11) is 1.96. The molecule has 2 unspecified atom stereocenters. The van der Waals surface area contributed by atoms with Crippen LogP contribution in [0.3, 0.4) is 0 Å². The predicted octanol–water partition coefficient (Wildman–Crippen LogP) is 3.13. The van der Waals surface area contributed by atoms with E-state index in [0.717, 1.165) is 13.1 Å². The Morgan fingerprint density at radius 2 is 2.27 bits per heavy atom. The molecule has 2 aromatic heterocycles. The highest BCUT2D eigenvalue weighted by molar-refractivity contribution is 7.15. The number of nitrogens with two attached hydrogens (primary N) is 1. The SMILES string of the molecule is CC(N)C1CCCN(Cc2ccc(-c3cnn(C)c3)s2)C1.Cl. The first kappa shape index (κ1) is 17.5. The summed E-state index contributed by atoms with van der Waals surface area (Å²) < 4.78 is 1.85. The van der Waals surface area contributed by atoms with Crippen LogP contribution in [0.15, 0.2) is 24.5 Å². The number of nitrogens with zero attached hydrogens (tertiary/aromatic N) is 3. The Balaban J connectivity index is 0.00000176. The highest BCUT2D eigenvalue weighted by atomic mass is 35.5. The van der Waals surface area contributed by atoms with Gasteiger partial charge in [-0.05, 0) is 44.4 Å².